The number of amides is 2. The molecule has 2 aliphatic carbocycles. The van der Waals surface area contributed by atoms with Crippen molar-refractivity contribution in [2.24, 2.45) is 0 Å². The molecule has 0 spiro atoms. The molecule has 0 bridgehead atoms. The quantitative estimate of drug-likeness (QED) is 0.585. The van der Waals surface area contributed by atoms with Crippen LogP contribution in [0, 0.1) is 0 Å². The van der Waals surface area contributed by atoms with Gasteiger partial charge in [-0.15, -0.1) is 0 Å². The molecule has 1 heterocycles. The van der Waals surface area contributed by atoms with Crippen LogP contribution in [0.15, 0.2) is 48.5 Å². The van der Waals surface area contributed by atoms with Crippen molar-refractivity contribution in [3.63, 3.8) is 0 Å². The minimum Gasteiger partial charge on any atom is -0.479 e. The third-order valence-corrected chi connectivity index (χ3v) is 7.61. The Labute approximate surface area is 204 Å². The average molecular weight is 479 g/mol. The van der Waals surface area contributed by atoms with Crippen molar-refractivity contribution in [2.45, 2.75) is 55.5 Å². The minimum atomic E-state index is -1.47. The lowest BCUT2D eigenvalue weighted by Crippen LogP contribution is -2.66. The molecule has 5 rings (SSSR count). The molecule has 1 aliphatic heterocycles. The number of ether oxygens (including phenoxy) is 2. The fourth-order valence-electron chi connectivity index (χ4n) is 5.62. The number of aliphatic carboxylic acids is 1. The summed E-state index contributed by atoms with van der Waals surface area (Å²) in [5, 5.41) is 15.3. The molecule has 8 nitrogen and oxygen atoms in total. The lowest BCUT2D eigenvalue weighted by Gasteiger charge is -2.38. The van der Waals surface area contributed by atoms with E-state index in [1.165, 1.54) is 0 Å². The number of carbonyl (C=O) groups excluding carboxylic acids is 2. The molecule has 2 amide bonds. The second-order valence-electron chi connectivity index (χ2n) is 9.74. The summed E-state index contributed by atoms with van der Waals surface area (Å²) in [5.41, 5.74) is 1.82. The van der Waals surface area contributed by atoms with Gasteiger partial charge in [0.25, 0.3) is 0 Å². The Hall–Kier alpha value is -3.39. The number of benzene rings is 2. The zero-order valence-corrected chi connectivity index (χ0v) is 19.5. The van der Waals surface area contributed by atoms with E-state index in [0.717, 1.165) is 41.5 Å². The third-order valence-electron chi connectivity index (χ3n) is 7.61. The highest BCUT2D eigenvalue weighted by atomic mass is 16.5. The first-order valence-electron chi connectivity index (χ1n) is 12.2. The van der Waals surface area contributed by atoms with Crippen molar-refractivity contribution in [3.8, 4) is 11.1 Å². The Morgan fingerprint density at radius 2 is 1.51 bits per heavy atom. The van der Waals surface area contributed by atoms with Crippen LogP contribution in [0.4, 0.5) is 4.79 Å². The second-order valence-corrected chi connectivity index (χ2v) is 9.74. The largest absolute Gasteiger partial charge is 0.479 e. The molecule has 1 unspecified atom stereocenters. The topological polar surface area (TPSA) is 114 Å². The van der Waals surface area contributed by atoms with Crippen molar-refractivity contribution in [1.29, 1.82) is 0 Å². The van der Waals surface area contributed by atoms with E-state index in [0.29, 0.717) is 12.8 Å². The molecule has 2 aromatic carbocycles. The van der Waals surface area contributed by atoms with Gasteiger partial charge in [0.15, 0.2) is 5.54 Å². The van der Waals surface area contributed by atoms with Gasteiger partial charge in [-0.3, -0.25) is 4.79 Å². The lowest BCUT2D eigenvalue weighted by molar-refractivity contribution is -0.149. The van der Waals surface area contributed by atoms with E-state index in [4.69, 9.17) is 9.47 Å². The standard InChI is InChI=1S/C27H30N2O6/c30-23(28-27(24(31)32)14-15-34-17-27)26(12-6-1-7-13-26)29-25(33)35-16-22-20-10-4-2-8-18(20)19-9-3-5-11-21(19)22/h2-5,8-11,22H,1,6-7,12-17H2,(H,28,30)(H,29,33)(H,31,32). The van der Waals surface area contributed by atoms with Crippen molar-refractivity contribution >= 4 is 18.0 Å². The lowest BCUT2D eigenvalue weighted by atomic mass is 9.80. The van der Waals surface area contributed by atoms with Gasteiger partial charge >= 0.3 is 12.1 Å². The summed E-state index contributed by atoms with van der Waals surface area (Å²) in [7, 11) is 0. The van der Waals surface area contributed by atoms with Crippen LogP contribution in [0.2, 0.25) is 0 Å². The van der Waals surface area contributed by atoms with Gasteiger partial charge < -0.3 is 25.2 Å². The molecule has 1 saturated carbocycles. The molecule has 0 radical (unpaired) electrons. The van der Waals surface area contributed by atoms with E-state index in [-0.39, 0.29) is 32.2 Å². The van der Waals surface area contributed by atoms with Crippen LogP contribution in [0.1, 0.15) is 55.6 Å². The second kappa shape index (κ2) is 9.34. The summed E-state index contributed by atoms with van der Waals surface area (Å²) >= 11 is 0. The molecule has 35 heavy (non-hydrogen) atoms. The summed E-state index contributed by atoms with van der Waals surface area (Å²) in [6.07, 6.45) is 2.85. The van der Waals surface area contributed by atoms with Gasteiger partial charge in [-0.25, -0.2) is 9.59 Å². The summed E-state index contributed by atoms with van der Waals surface area (Å²) in [6, 6.07) is 16.2. The van der Waals surface area contributed by atoms with Crippen LogP contribution < -0.4 is 10.6 Å². The van der Waals surface area contributed by atoms with Gasteiger partial charge in [-0.2, -0.15) is 0 Å². The van der Waals surface area contributed by atoms with Gasteiger partial charge in [0, 0.05) is 18.9 Å². The smallest absolute Gasteiger partial charge is 0.408 e. The number of carboxylic acid groups (broad SMARTS) is 1. The van der Waals surface area contributed by atoms with Gasteiger partial charge in [-0.05, 0) is 35.1 Å². The van der Waals surface area contributed by atoms with Crippen LogP contribution in [-0.4, -0.2) is 54.0 Å². The van der Waals surface area contributed by atoms with Crippen molar-refractivity contribution in [1.82, 2.24) is 10.6 Å². The fraction of sp³-hybridized carbons (Fsp3) is 0.444. The molecule has 1 saturated heterocycles. The summed E-state index contributed by atoms with van der Waals surface area (Å²) in [4.78, 5) is 38.3. The highest BCUT2D eigenvalue weighted by Gasteiger charge is 2.49. The first-order valence-corrected chi connectivity index (χ1v) is 12.2. The molecular formula is C27H30N2O6. The maximum Gasteiger partial charge on any atom is 0.408 e. The fourth-order valence-corrected chi connectivity index (χ4v) is 5.62. The minimum absolute atomic E-state index is 0.0878. The van der Waals surface area contributed by atoms with Crippen LogP contribution in [0.25, 0.3) is 11.1 Å². The predicted octanol–water partition coefficient (Wildman–Crippen LogP) is 3.59. The molecule has 184 valence electrons. The predicted molar refractivity (Wildman–Crippen MR) is 128 cm³/mol. The number of rotatable bonds is 6. The number of carboxylic acids is 1. The van der Waals surface area contributed by atoms with Crippen molar-refractivity contribution in [2.75, 3.05) is 19.8 Å². The molecule has 8 heteroatoms. The van der Waals surface area contributed by atoms with Crippen LogP contribution >= 0.6 is 0 Å². The molecule has 3 aliphatic rings. The molecule has 0 aromatic heterocycles. The van der Waals surface area contributed by atoms with E-state index in [1.807, 2.05) is 36.4 Å². The van der Waals surface area contributed by atoms with Gasteiger partial charge in [0.2, 0.25) is 5.91 Å². The number of alkyl carbamates (subject to hydrolysis) is 1. The molecule has 3 N–H and O–H groups in total. The monoisotopic (exact) mass is 478 g/mol. The summed E-state index contributed by atoms with van der Waals surface area (Å²) in [5.74, 6) is -1.70. The van der Waals surface area contributed by atoms with Gasteiger partial charge in [0.1, 0.15) is 12.1 Å². The molecule has 2 aromatic rings. The van der Waals surface area contributed by atoms with Crippen LogP contribution in [0.5, 0.6) is 0 Å². The van der Waals surface area contributed by atoms with Gasteiger partial charge in [-0.1, -0.05) is 67.8 Å². The maximum absolute atomic E-state index is 13.4. The molecule has 2 fully saturated rings. The van der Waals surface area contributed by atoms with E-state index < -0.39 is 29.0 Å². The number of fused-ring (bicyclic) bond motifs is 3. The Morgan fingerprint density at radius 3 is 2.09 bits per heavy atom. The van der Waals surface area contributed by atoms with Crippen molar-refractivity contribution < 1.29 is 29.0 Å². The SMILES string of the molecule is O=C(NC1(C(=O)NC2(C(=O)O)CCOC2)CCCCC1)OCC1c2ccccc2-c2ccccc21. The first kappa shape index (κ1) is 23.4. The zero-order chi connectivity index (χ0) is 24.5. The Kier molecular flexibility index (Phi) is 6.23. The average Bonchev–Trinajstić information content (AvgIpc) is 3.47. The summed E-state index contributed by atoms with van der Waals surface area (Å²) in [6.45, 7) is 0.318. The number of hydrogen-bond acceptors (Lipinski definition) is 5. The number of carbonyl (C=O) groups is 3. The van der Waals surface area contributed by atoms with Gasteiger partial charge in [0.05, 0.1) is 6.61 Å². The van der Waals surface area contributed by atoms with E-state index in [9.17, 15) is 19.5 Å². The maximum atomic E-state index is 13.4. The first-order chi connectivity index (χ1) is 16.9. The van der Waals surface area contributed by atoms with Crippen LogP contribution in [-0.2, 0) is 19.1 Å². The Balaban J connectivity index is 1.30. The van der Waals surface area contributed by atoms with Crippen molar-refractivity contribution in [3.05, 3.63) is 59.7 Å². The molecule has 1 atom stereocenters. The normalized spacial score (nSPS) is 22.6. The van der Waals surface area contributed by atoms with E-state index >= 15 is 0 Å². The van der Waals surface area contributed by atoms with E-state index in [2.05, 4.69) is 22.8 Å². The third kappa shape index (κ3) is 4.27. The summed E-state index contributed by atoms with van der Waals surface area (Å²) < 4.78 is 11.0. The van der Waals surface area contributed by atoms with E-state index in [1.54, 1.807) is 0 Å². The highest BCUT2D eigenvalue weighted by Crippen LogP contribution is 2.44. The highest BCUT2D eigenvalue weighted by molar-refractivity contribution is 5.94. The number of nitrogens with one attached hydrogen (secondary N) is 2. The Bertz CT molecular complexity index is 1090. The molecular weight excluding hydrogens is 448 g/mol. The number of hydrogen-bond donors (Lipinski definition) is 3. The van der Waals surface area contributed by atoms with Crippen LogP contribution in [0.3, 0.4) is 0 Å². The Morgan fingerprint density at radius 1 is 0.886 bits per heavy atom. The zero-order valence-electron chi connectivity index (χ0n) is 19.5.